The van der Waals surface area contributed by atoms with Gasteiger partial charge in [0.25, 0.3) is 0 Å². The van der Waals surface area contributed by atoms with Crippen LogP contribution in [0, 0.1) is 0 Å². The summed E-state index contributed by atoms with van der Waals surface area (Å²) >= 11 is 0. The molecule has 0 radical (unpaired) electrons. The van der Waals surface area contributed by atoms with Gasteiger partial charge in [0, 0.05) is 18.4 Å². The highest BCUT2D eigenvalue weighted by molar-refractivity contribution is 6.08. The number of pyridine rings is 1. The van der Waals surface area contributed by atoms with Gasteiger partial charge < -0.3 is 20.7 Å². The number of carboxylic acid groups (broad SMARTS) is 1. The van der Waals surface area contributed by atoms with Gasteiger partial charge in [-0.1, -0.05) is 19.8 Å². The second-order valence-electron chi connectivity index (χ2n) is 7.18. The number of fused-ring (bicyclic) bond motifs is 3. The molecule has 3 rings (SSSR count). The number of nitrogens with two attached hydrogens (primary N) is 1. The Balaban J connectivity index is 2.09. The molecule has 7 heteroatoms. The lowest BCUT2D eigenvalue weighted by Crippen LogP contribution is -2.09. The maximum Gasteiger partial charge on any atom is 0.335 e. The Labute approximate surface area is 165 Å². The second kappa shape index (κ2) is 9.01. The number of aromatic carboxylic acids is 1. The highest BCUT2D eigenvalue weighted by Crippen LogP contribution is 2.30. The van der Waals surface area contributed by atoms with E-state index in [0.29, 0.717) is 11.3 Å². The van der Waals surface area contributed by atoms with E-state index in [9.17, 15) is 9.90 Å². The molecule has 7 nitrogen and oxygen atoms in total. The lowest BCUT2D eigenvalue weighted by atomic mass is 10.1. The van der Waals surface area contributed by atoms with Crippen LogP contribution >= 0.6 is 0 Å². The molecule has 1 aromatic carbocycles. The van der Waals surface area contributed by atoms with Gasteiger partial charge in [-0.2, -0.15) is 0 Å². The molecule has 0 aliphatic heterocycles. The normalized spacial score (nSPS) is 11.5. The fraction of sp³-hybridized carbons (Fsp3) is 0.476. The van der Waals surface area contributed by atoms with Crippen LogP contribution in [0.5, 0.6) is 0 Å². The van der Waals surface area contributed by atoms with Gasteiger partial charge >= 0.3 is 5.97 Å². The van der Waals surface area contributed by atoms with Crippen LogP contribution < -0.4 is 11.1 Å². The number of nitrogen functional groups attached to an aromatic ring is 1. The number of imidazole rings is 1. The largest absolute Gasteiger partial charge is 0.478 e. The lowest BCUT2D eigenvalue weighted by Gasteiger charge is -2.11. The monoisotopic (exact) mass is 383 g/mol. The molecule has 150 valence electrons. The van der Waals surface area contributed by atoms with Crippen LogP contribution in [0.3, 0.4) is 0 Å². The topological polar surface area (TPSA) is 106 Å². The predicted octanol–water partition coefficient (Wildman–Crippen LogP) is 3.60. The Hall–Kier alpha value is -2.67. The first kappa shape index (κ1) is 20.1. The fourth-order valence-electron chi connectivity index (χ4n) is 3.61. The van der Waals surface area contributed by atoms with Crippen LogP contribution in [0.25, 0.3) is 21.9 Å². The number of carbonyl (C=O) groups is 1. The minimum Gasteiger partial charge on any atom is -0.478 e. The van der Waals surface area contributed by atoms with Gasteiger partial charge in [0.15, 0.2) is 5.82 Å². The molecule has 0 saturated heterocycles. The van der Waals surface area contributed by atoms with E-state index in [2.05, 4.69) is 21.8 Å². The first-order valence-corrected chi connectivity index (χ1v) is 10.0. The zero-order valence-electron chi connectivity index (χ0n) is 16.7. The molecule has 0 saturated carbocycles. The Kier molecular flexibility index (Phi) is 6.46. The molecule has 0 aliphatic rings. The summed E-state index contributed by atoms with van der Waals surface area (Å²) in [6, 6.07) is 5.04. The number of unbranched alkanes of at least 4 members (excludes halogenated alkanes) is 3. The lowest BCUT2D eigenvalue weighted by molar-refractivity contribution is 0.0697. The first-order chi connectivity index (χ1) is 13.6. The van der Waals surface area contributed by atoms with E-state index in [-0.39, 0.29) is 5.56 Å². The molecule has 0 unspecified atom stereocenters. The van der Waals surface area contributed by atoms with Crippen molar-refractivity contribution in [1.82, 2.24) is 19.9 Å². The third-order valence-electron chi connectivity index (χ3n) is 5.09. The van der Waals surface area contributed by atoms with Crippen molar-refractivity contribution < 1.29 is 9.90 Å². The number of anilines is 1. The minimum absolute atomic E-state index is 0.211. The van der Waals surface area contributed by atoms with Crippen molar-refractivity contribution in [3.8, 4) is 0 Å². The highest BCUT2D eigenvalue weighted by atomic mass is 16.4. The van der Waals surface area contributed by atoms with E-state index in [4.69, 9.17) is 10.7 Å². The summed E-state index contributed by atoms with van der Waals surface area (Å²) in [5.41, 5.74) is 8.71. The molecule has 3 aromatic rings. The summed E-state index contributed by atoms with van der Waals surface area (Å²) in [5, 5.41) is 13.4. The van der Waals surface area contributed by atoms with Gasteiger partial charge in [-0.3, -0.25) is 0 Å². The second-order valence-corrected chi connectivity index (χ2v) is 7.18. The smallest absolute Gasteiger partial charge is 0.335 e. The molecule has 0 amide bonds. The Morgan fingerprint density at radius 2 is 2.04 bits per heavy atom. The van der Waals surface area contributed by atoms with Crippen LogP contribution in [-0.4, -0.2) is 39.2 Å². The number of rotatable bonds is 10. The molecule has 0 bridgehead atoms. The number of hydrogen-bond donors (Lipinski definition) is 3. The average Bonchev–Trinajstić information content (AvgIpc) is 3.05. The van der Waals surface area contributed by atoms with E-state index in [0.717, 1.165) is 73.9 Å². The van der Waals surface area contributed by atoms with E-state index in [1.165, 1.54) is 0 Å². The van der Waals surface area contributed by atoms with E-state index in [1.54, 1.807) is 12.1 Å². The van der Waals surface area contributed by atoms with Gasteiger partial charge in [0.1, 0.15) is 11.3 Å². The number of nitrogens with one attached hydrogen (secondary N) is 1. The molecular weight excluding hydrogens is 354 g/mol. The molecule has 0 spiro atoms. The van der Waals surface area contributed by atoms with Crippen LogP contribution in [0.2, 0.25) is 0 Å². The zero-order valence-corrected chi connectivity index (χ0v) is 16.7. The molecule has 4 N–H and O–H groups in total. The average molecular weight is 383 g/mol. The summed E-state index contributed by atoms with van der Waals surface area (Å²) in [6.45, 7) is 4.06. The van der Waals surface area contributed by atoms with Gasteiger partial charge in [-0.05, 0) is 51.1 Å². The molecular formula is C21H29N5O2. The van der Waals surface area contributed by atoms with Crippen LogP contribution in [0.4, 0.5) is 5.82 Å². The first-order valence-electron chi connectivity index (χ1n) is 10.0. The van der Waals surface area contributed by atoms with Crippen LogP contribution in [0.1, 0.15) is 55.2 Å². The van der Waals surface area contributed by atoms with E-state index < -0.39 is 5.97 Å². The summed E-state index contributed by atoms with van der Waals surface area (Å²) in [4.78, 5) is 20.6. The number of benzene rings is 1. The molecule has 2 heterocycles. The maximum absolute atomic E-state index is 11.3. The third-order valence-corrected chi connectivity index (χ3v) is 5.09. The van der Waals surface area contributed by atoms with Crippen molar-refractivity contribution in [3.63, 3.8) is 0 Å². The Morgan fingerprint density at radius 3 is 2.75 bits per heavy atom. The van der Waals surface area contributed by atoms with Crippen molar-refractivity contribution in [3.05, 3.63) is 29.6 Å². The number of hydrogen-bond acceptors (Lipinski definition) is 5. The van der Waals surface area contributed by atoms with Crippen molar-refractivity contribution in [2.45, 2.75) is 52.0 Å². The molecule has 0 aliphatic carbocycles. The van der Waals surface area contributed by atoms with Crippen molar-refractivity contribution in [2.75, 3.05) is 19.3 Å². The van der Waals surface area contributed by atoms with E-state index in [1.807, 2.05) is 13.1 Å². The fourth-order valence-corrected chi connectivity index (χ4v) is 3.61. The number of nitrogens with zero attached hydrogens (tertiary/aromatic N) is 3. The Morgan fingerprint density at radius 1 is 1.21 bits per heavy atom. The zero-order chi connectivity index (χ0) is 20.1. The van der Waals surface area contributed by atoms with Gasteiger partial charge in [-0.25, -0.2) is 14.8 Å². The molecule has 2 aromatic heterocycles. The maximum atomic E-state index is 11.3. The van der Waals surface area contributed by atoms with Gasteiger partial charge in [0.2, 0.25) is 0 Å². The minimum atomic E-state index is -0.968. The quantitative estimate of drug-likeness (QED) is 0.462. The summed E-state index contributed by atoms with van der Waals surface area (Å²) < 4.78 is 2.27. The Bertz CT molecular complexity index is 980. The van der Waals surface area contributed by atoms with Crippen molar-refractivity contribution >= 4 is 33.7 Å². The molecule has 0 fully saturated rings. The van der Waals surface area contributed by atoms with E-state index >= 15 is 0 Å². The number of aryl methyl sites for hydroxylation is 2. The van der Waals surface area contributed by atoms with Crippen LogP contribution in [0.15, 0.2) is 18.2 Å². The summed E-state index contributed by atoms with van der Waals surface area (Å²) in [5.74, 6) is 0.426. The van der Waals surface area contributed by atoms with Gasteiger partial charge in [0.05, 0.1) is 16.6 Å². The molecule has 28 heavy (non-hydrogen) atoms. The predicted molar refractivity (Wildman–Crippen MR) is 113 cm³/mol. The van der Waals surface area contributed by atoms with Crippen molar-refractivity contribution in [1.29, 1.82) is 0 Å². The highest BCUT2D eigenvalue weighted by Gasteiger charge is 2.18. The summed E-state index contributed by atoms with van der Waals surface area (Å²) in [6.07, 6.45) is 6.40. The number of aromatic nitrogens is 3. The third kappa shape index (κ3) is 4.09. The SMILES string of the molecule is CCCCc1nc2c(N)nc3cc(C(=O)O)ccc3c2n1CCCCCNC. The van der Waals surface area contributed by atoms with Crippen molar-refractivity contribution in [2.24, 2.45) is 0 Å². The molecule has 0 atom stereocenters. The summed E-state index contributed by atoms with van der Waals surface area (Å²) in [7, 11) is 1.97. The van der Waals surface area contributed by atoms with Gasteiger partial charge in [-0.15, -0.1) is 0 Å². The standard InChI is InChI=1S/C21H29N5O2/c1-3-4-8-17-25-18-19(26(17)12-7-5-6-11-23-2)15-10-9-14(21(27)28)13-16(15)24-20(18)22/h9-10,13,23H,3-8,11-12H2,1-2H3,(H2,22,24)(H,27,28). The van der Waals surface area contributed by atoms with Crippen LogP contribution in [-0.2, 0) is 13.0 Å². The number of carboxylic acids is 1.